The molecule has 15 heavy (non-hydrogen) atoms. The monoisotopic (exact) mass is 279 g/mol. The molecule has 0 spiro atoms. The summed E-state index contributed by atoms with van der Waals surface area (Å²) in [5.74, 6) is 0. The van der Waals surface area contributed by atoms with Gasteiger partial charge in [-0.2, -0.15) is 13.2 Å². The summed E-state index contributed by atoms with van der Waals surface area (Å²) in [6.07, 6.45) is -4.28. The van der Waals surface area contributed by atoms with Crippen molar-refractivity contribution in [2.45, 2.75) is 6.18 Å². The molecule has 0 aliphatic heterocycles. The molecule has 0 fully saturated rings. The predicted molar refractivity (Wildman–Crippen MR) is 58.0 cm³/mol. The smallest absolute Gasteiger partial charge is 0.380 e. The van der Waals surface area contributed by atoms with Crippen LogP contribution in [-0.2, 0) is 6.18 Å². The van der Waals surface area contributed by atoms with Gasteiger partial charge in [0.1, 0.15) is 0 Å². The van der Waals surface area contributed by atoms with Crippen LogP contribution in [0.1, 0.15) is 5.56 Å². The highest BCUT2D eigenvalue weighted by molar-refractivity contribution is 9.11. The fourth-order valence-corrected chi connectivity index (χ4v) is 1.12. The summed E-state index contributed by atoms with van der Waals surface area (Å²) in [6.45, 7) is 4.08. The minimum atomic E-state index is -4.28. The summed E-state index contributed by atoms with van der Waals surface area (Å²) >= 11 is 3.14. The van der Waals surface area contributed by atoms with Crippen LogP contribution >= 0.6 is 15.9 Å². The number of benzene rings is 1. The van der Waals surface area contributed by atoms with Crippen LogP contribution in [0.15, 0.2) is 35.3 Å². The molecular formula is C10H9BrF3N. The average molecular weight is 280 g/mol. The van der Waals surface area contributed by atoms with Gasteiger partial charge in [0.2, 0.25) is 0 Å². The van der Waals surface area contributed by atoms with Gasteiger partial charge in [-0.05, 0) is 24.3 Å². The normalized spacial score (nSPS) is 11.2. The van der Waals surface area contributed by atoms with Gasteiger partial charge in [-0.3, -0.25) is 0 Å². The molecule has 0 saturated carbocycles. The topological polar surface area (TPSA) is 12.0 Å². The molecule has 0 bridgehead atoms. The van der Waals surface area contributed by atoms with Gasteiger partial charge in [0.05, 0.1) is 5.56 Å². The Morgan fingerprint density at radius 1 is 1.27 bits per heavy atom. The highest BCUT2D eigenvalue weighted by Crippen LogP contribution is 2.29. The fourth-order valence-electron chi connectivity index (χ4n) is 0.975. The number of halogens is 4. The molecule has 0 saturated heterocycles. The highest BCUT2D eigenvalue weighted by Gasteiger charge is 2.29. The SMILES string of the molecule is C=C(Br)CNc1ccc(C(F)(F)F)cc1. The van der Waals surface area contributed by atoms with Gasteiger partial charge >= 0.3 is 6.18 Å². The summed E-state index contributed by atoms with van der Waals surface area (Å²) in [5.41, 5.74) is -0.0191. The second-order valence-corrected chi connectivity index (χ2v) is 4.07. The van der Waals surface area contributed by atoms with E-state index in [2.05, 4.69) is 27.8 Å². The van der Waals surface area contributed by atoms with Gasteiger partial charge in [0.15, 0.2) is 0 Å². The summed E-state index contributed by atoms with van der Waals surface area (Å²) in [7, 11) is 0. The number of hydrogen-bond donors (Lipinski definition) is 1. The molecule has 0 atom stereocenters. The number of alkyl halides is 3. The van der Waals surface area contributed by atoms with Gasteiger partial charge in [-0.15, -0.1) is 0 Å². The lowest BCUT2D eigenvalue weighted by molar-refractivity contribution is -0.137. The third-order valence-electron chi connectivity index (χ3n) is 1.70. The van der Waals surface area contributed by atoms with E-state index in [-0.39, 0.29) is 0 Å². The second kappa shape index (κ2) is 4.70. The Hall–Kier alpha value is -0.970. The summed E-state index contributed by atoms with van der Waals surface area (Å²) in [5, 5.41) is 2.91. The molecule has 0 aromatic heterocycles. The number of anilines is 1. The number of rotatable bonds is 3. The average Bonchev–Trinajstić information content (AvgIpc) is 2.14. The van der Waals surface area contributed by atoms with E-state index in [0.717, 1.165) is 16.6 Å². The molecule has 0 aliphatic carbocycles. The van der Waals surface area contributed by atoms with Gasteiger partial charge in [-0.1, -0.05) is 22.5 Å². The summed E-state index contributed by atoms with van der Waals surface area (Å²) in [6, 6.07) is 4.86. The van der Waals surface area contributed by atoms with E-state index in [1.165, 1.54) is 12.1 Å². The van der Waals surface area contributed by atoms with Crippen molar-refractivity contribution in [2.24, 2.45) is 0 Å². The predicted octanol–water partition coefficient (Wildman–Crippen LogP) is 4.03. The molecule has 82 valence electrons. The Balaban J connectivity index is 2.69. The van der Waals surface area contributed by atoms with Crippen molar-refractivity contribution in [3.63, 3.8) is 0 Å². The zero-order chi connectivity index (χ0) is 11.5. The summed E-state index contributed by atoms with van der Waals surface area (Å²) in [4.78, 5) is 0. The Bertz CT molecular complexity index is 343. The van der Waals surface area contributed by atoms with Crippen LogP contribution in [0.2, 0.25) is 0 Å². The van der Waals surface area contributed by atoms with Crippen LogP contribution < -0.4 is 5.32 Å². The molecule has 1 aromatic carbocycles. The molecular weight excluding hydrogens is 271 g/mol. The molecule has 0 radical (unpaired) electrons. The van der Waals surface area contributed by atoms with Crippen molar-refractivity contribution >= 4 is 21.6 Å². The first-order valence-corrected chi connectivity index (χ1v) is 4.93. The molecule has 0 amide bonds. The van der Waals surface area contributed by atoms with E-state index < -0.39 is 11.7 Å². The fraction of sp³-hybridized carbons (Fsp3) is 0.200. The molecule has 1 nitrogen and oxygen atoms in total. The minimum Gasteiger partial charge on any atom is -0.380 e. The van der Waals surface area contributed by atoms with E-state index >= 15 is 0 Å². The van der Waals surface area contributed by atoms with Gasteiger partial charge in [-0.25, -0.2) is 0 Å². The van der Waals surface area contributed by atoms with E-state index in [1.807, 2.05) is 0 Å². The van der Waals surface area contributed by atoms with Gasteiger partial charge in [0, 0.05) is 16.7 Å². The quantitative estimate of drug-likeness (QED) is 0.881. The first-order valence-electron chi connectivity index (χ1n) is 4.14. The summed E-state index contributed by atoms with van der Waals surface area (Å²) < 4.78 is 37.3. The van der Waals surface area contributed by atoms with Crippen LogP contribution in [0.25, 0.3) is 0 Å². The molecule has 5 heteroatoms. The number of nitrogens with one attached hydrogen (secondary N) is 1. The Morgan fingerprint density at radius 3 is 2.20 bits per heavy atom. The molecule has 0 heterocycles. The lowest BCUT2D eigenvalue weighted by Gasteiger charge is -2.08. The third kappa shape index (κ3) is 3.95. The van der Waals surface area contributed by atoms with Crippen LogP contribution in [0.5, 0.6) is 0 Å². The van der Waals surface area contributed by atoms with Crippen LogP contribution in [0.3, 0.4) is 0 Å². The zero-order valence-electron chi connectivity index (χ0n) is 7.74. The van der Waals surface area contributed by atoms with Gasteiger partial charge in [0.25, 0.3) is 0 Å². The largest absolute Gasteiger partial charge is 0.416 e. The lowest BCUT2D eigenvalue weighted by Crippen LogP contribution is -2.05. The molecule has 0 unspecified atom stereocenters. The van der Waals surface area contributed by atoms with Crippen LogP contribution in [0.4, 0.5) is 18.9 Å². The van der Waals surface area contributed by atoms with Gasteiger partial charge < -0.3 is 5.32 Å². The first kappa shape index (κ1) is 12.1. The van der Waals surface area contributed by atoms with Crippen molar-refractivity contribution in [1.82, 2.24) is 0 Å². The van der Waals surface area contributed by atoms with Crippen molar-refractivity contribution in [2.75, 3.05) is 11.9 Å². The Labute approximate surface area is 94.1 Å². The first-order chi connectivity index (χ1) is 6.89. The maximum Gasteiger partial charge on any atom is 0.416 e. The maximum absolute atomic E-state index is 12.2. The van der Waals surface area contributed by atoms with E-state index in [1.54, 1.807) is 0 Å². The Kier molecular flexibility index (Phi) is 3.79. The molecule has 1 rings (SSSR count). The zero-order valence-corrected chi connectivity index (χ0v) is 9.32. The maximum atomic E-state index is 12.2. The Morgan fingerprint density at radius 2 is 1.80 bits per heavy atom. The third-order valence-corrected chi connectivity index (χ3v) is 1.98. The molecule has 0 aliphatic rings. The highest BCUT2D eigenvalue weighted by atomic mass is 79.9. The molecule has 1 aromatic rings. The van der Waals surface area contributed by atoms with Crippen LogP contribution in [-0.4, -0.2) is 6.54 Å². The lowest BCUT2D eigenvalue weighted by atomic mass is 10.2. The van der Waals surface area contributed by atoms with Crippen LogP contribution in [0, 0.1) is 0 Å². The van der Waals surface area contributed by atoms with Crippen molar-refractivity contribution < 1.29 is 13.2 Å². The minimum absolute atomic E-state index is 0.478. The standard InChI is InChI=1S/C10H9BrF3N/c1-7(11)6-15-9-4-2-8(3-5-9)10(12,13)14/h2-5,15H,1,6H2. The van der Waals surface area contributed by atoms with Crippen molar-refractivity contribution in [3.8, 4) is 0 Å². The van der Waals surface area contributed by atoms with E-state index in [0.29, 0.717) is 12.2 Å². The van der Waals surface area contributed by atoms with E-state index in [4.69, 9.17) is 0 Å². The number of hydrogen-bond acceptors (Lipinski definition) is 1. The molecule has 1 N–H and O–H groups in total. The van der Waals surface area contributed by atoms with Crippen molar-refractivity contribution in [1.29, 1.82) is 0 Å². The van der Waals surface area contributed by atoms with E-state index in [9.17, 15) is 13.2 Å². The van der Waals surface area contributed by atoms with Crippen molar-refractivity contribution in [3.05, 3.63) is 40.9 Å². The second-order valence-electron chi connectivity index (χ2n) is 2.95.